The molecule has 1 aromatic rings. The average Bonchev–Trinajstić information content (AvgIpc) is 2.70. The molecule has 1 N–H and O–H groups in total. The van der Waals surface area contributed by atoms with E-state index in [-0.39, 0.29) is 36.0 Å². The molecule has 2 heterocycles. The minimum atomic E-state index is -0.281. The topological polar surface area (TPSA) is 93.5 Å². The number of nitrogens with zero attached hydrogens (tertiary/aromatic N) is 3. The molecule has 1 saturated heterocycles. The highest BCUT2D eigenvalue weighted by molar-refractivity contribution is 5.92. The number of amides is 2. The van der Waals surface area contributed by atoms with E-state index in [0.29, 0.717) is 26.2 Å². The normalized spacial score (nSPS) is 15.5. The van der Waals surface area contributed by atoms with Crippen molar-refractivity contribution < 1.29 is 14.3 Å². The number of nitrogens with one attached hydrogen (secondary N) is 1. The summed E-state index contributed by atoms with van der Waals surface area (Å²) < 4.78 is 6.11. The Labute approximate surface area is 121 Å². The number of aromatic nitrogens is 2. The number of ether oxygens (including phenoxy) is 1. The van der Waals surface area contributed by atoms with Gasteiger partial charge in [-0.05, 0) is 6.07 Å². The third kappa shape index (κ3) is 3.88. The Hall–Kier alpha value is -2.22. The molecule has 1 aromatic heterocycles. The average molecular weight is 294 g/mol. The lowest BCUT2D eigenvalue weighted by atomic mass is 10.3. The molecule has 0 aliphatic carbocycles. The Morgan fingerprint density at radius 2 is 2.19 bits per heavy atom. The maximum atomic E-state index is 12.4. The Bertz CT molecular complexity index is 584. The number of carbonyl (C=O) groups excluding carboxylic acids is 2. The van der Waals surface area contributed by atoms with Crippen LogP contribution in [-0.2, 0) is 16.1 Å². The summed E-state index contributed by atoms with van der Waals surface area (Å²) in [5, 5.41) is 6.77. The van der Waals surface area contributed by atoms with Gasteiger partial charge >= 0.3 is 0 Å². The first-order valence-electron chi connectivity index (χ1n) is 6.75. The third-order valence-electron chi connectivity index (χ3n) is 3.19. The van der Waals surface area contributed by atoms with Crippen LogP contribution in [0.2, 0.25) is 0 Å². The highest BCUT2D eigenvalue weighted by Crippen LogP contribution is 2.03. The SMILES string of the molecule is COCCn1nc(C(=O)N2CCNC(=O)CC2)ccc1=O. The Kier molecular flexibility index (Phi) is 5.04. The molecular formula is C13H18N4O4. The molecule has 0 saturated carbocycles. The van der Waals surface area contributed by atoms with Crippen molar-refractivity contribution in [3.05, 3.63) is 28.2 Å². The minimum Gasteiger partial charge on any atom is -0.383 e. The van der Waals surface area contributed by atoms with Crippen LogP contribution in [0, 0.1) is 0 Å². The predicted octanol–water partition coefficient (Wildman–Crippen LogP) is -1.15. The van der Waals surface area contributed by atoms with E-state index in [9.17, 15) is 14.4 Å². The van der Waals surface area contributed by atoms with Gasteiger partial charge in [0.2, 0.25) is 5.91 Å². The summed E-state index contributed by atoms with van der Waals surface area (Å²) in [6, 6.07) is 2.73. The summed E-state index contributed by atoms with van der Waals surface area (Å²) in [6.07, 6.45) is 0.273. The van der Waals surface area contributed by atoms with Crippen LogP contribution in [0.15, 0.2) is 16.9 Å². The fraction of sp³-hybridized carbons (Fsp3) is 0.538. The van der Waals surface area contributed by atoms with Crippen molar-refractivity contribution in [2.75, 3.05) is 33.4 Å². The molecule has 0 unspecified atom stereocenters. The molecule has 2 amide bonds. The van der Waals surface area contributed by atoms with Gasteiger partial charge in [0.15, 0.2) is 0 Å². The van der Waals surface area contributed by atoms with E-state index < -0.39 is 0 Å². The lowest BCUT2D eigenvalue weighted by molar-refractivity contribution is -0.120. The van der Waals surface area contributed by atoms with Crippen LogP contribution in [0.1, 0.15) is 16.9 Å². The van der Waals surface area contributed by atoms with E-state index in [0.717, 1.165) is 0 Å². The highest BCUT2D eigenvalue weighted by atomic mass is 16.5. The van der Waals surface area contributed by atoms with E-state index in [1.807, 2.05) is 0 Å². The van der Waals surface area contributed by atoms with Crippen molar-refractivity contribution in [1.82, 2.24) is 20.0 Å². The first kappa shape index (κ1) is 15.2. The number of hydrogen-bond acceptors (Lipinski definition) is 5. The molecule has 0 radical (unpaired) electrons. The van der Waals surface area contributed by atoms with Crippen molar-refractivity contribution in [2.24, 2.45) is 0 Å². The van der Waals surface area contributed by atoms with Crippen molar-refractivity contribution in [3.8, 4) is 0 Å². The summed E-state index contributed by atoms with van der Waals surface area (Å²) in [4.78, 5) is 36.9. The maximum Gasteiger partial charge on any atom is 0.274 e. The number of carbonyl (C=O) groups is 2. The minimum absolute atomic E-state index is 0.0664. The van der Waals surface area contributed by atoms with Gasteiger partial charge in [-0.2, -0.15) is 5.10 Å². The van der Waals surface area contributed by atoms with Gasteiger partial charge in [-0.1, -0.05) is 0 Å². The van der Waals surface area contributed by atoms with Crippen molar-refractivity contribution >= 4 is 11.8 Å². The predicted molar refractivity (Wildman–Crippen MR) is 73.9 cm³/mol. The molecule has 1 fully saturated rings. The zero-order valence-corrected chi connectivity index (χ0v) is 11.9. The van der Waals surface area contributed by atoms with Crippen molar-refractivity contribution in [1.29, 1.82) is 0 Å². The molecular weight excluding hydrogens is 276 g/mol. The van der Waals surface area contributed by atoms with Gasteiger partial charge in [0, 0.05) is 39.2 Å². The van der Waals surface area contributed by atoms with Gasteiger partial charge in [-0.3, -0.25) is 14.4 Å². The molecule has 21 heavy (non-hydrogen) atoms. The smallest absolute Gasteiger partial charge is 0.274 e. The van der Waals surface area contributed by atoms with Gasteiger partial charge in [0.1, 0.15) is 5.69 Å². The van der Waals surface area contributed by atoms with E-state index in [1.165, 1.54) is 23.9 Å². The second-order valence-electron chi connectivity index (χ2n) is 4.66. The van der Waals surface area contributed by atoms with Gasteiger partial charge < -0.3 is 15.0 Å². The standard InChI is InChI=1S/C13H18N4O4/c1-21-9-8-17-12(19)3-2-10(15-17)13(20)16-6-4-11(18)14-5-7-16/h2-3H,4-9H2,1H3,(H,14,18). The Morgan fingerprint density at radius 1 is 1.38 bits per heavy atom. The highest BCUT2D eigenvalue weighted by Gasteiger charge is 2.21. The van der Waals surface area contributed by atoms with E-state index in [2.05, 4.69) is 10.4 Å². The first-order chi connectivity index (χ1) is 10.1. The number of methoxy groups -OCH3 is 1. The van der Waals surface area contributed by atoms with Crippen LogP contribution in [0.5, 0.6) is 0 Å². The fourth-order valence-electron chi connectivity index (χ4n) is 2.03. The Balaban J connectivity index is 2.14. The number of hydrogen-bond donors (Lipinski definition) is 1. The molecule has 0 aromatic carbocycles. The summed E-state index contributed by atoms with van der Waals surface area (Å²) >= 11 is 0. The van der Waals surface area contributed by atoms with E-state index >= 15 is 0 Å². The van der Waals surface area contributed by atoms with Gasteiger partial charge in [-0.25, -0.2) is 4.68 Å². The van der Waals surface area contributed by atoms with Crippen LogP contribution in [-0.4, -0.2) is 59.8 Å². The largest absolute Gasteiger partial charge is 0.383 e. The summed E-state index contributed by atoms with van der Waals surface area (Å²) in [5.41, 5.74) is -0.0867. The lowest BCUT2D eigenvalue weighted by Gasteiger charge is -2.19. The van der Waals surface area contributed by atoms with Crippen LogP contribution in [0.3, 0.4) is 0 Å². The molecule has 1 aliphatic heterocycles. The van der Waals surface area contributed by atoms with Gasteiger partial charge in [-0.15, -0.1) is 0 Å². The van der Waals surface area contributed by atoms with E-state index in [1.54, 1.807) is 4.90 Å². The summed E-state index contributed by atoms with van der Waals surface area (Å²) in [5.74, 6) is -0.346. The van der Waals surface area contributed by atoms with Crippen LogP contribution >= 0.6 is 0 Å². The molecule has 1 aliphatic rings. The molecule has 114 valence electrons. The first-order valence-corrected chi connectivity index (χ1v) is 6.75. The molecule has 0 spiro atoms. The second kappa shape index (κ2) is 6.98. The summed E-state index contributed by atoms with van der Waals surface area (Å²) in [7, 11) is 1.53. The third-order valence-corrected chi connectivity index (χ3v) is 3.19. The van der Waals surface area contributed by atoms with Crippen molar-refractivity contribution in [3.63, 3.8) is 0 Å². The zero-order chi connectivity index (χ0) is 15.2. The monoisotopic (exact) mass is 294 g/mol. The lowest BCUT2D eigenvalue weighted by Crippen LogP contribution is -2.36. The molecule has 8 heteroatoms. The van der Waals surface area contributed by atoms with Crippen LogP contribution in [0.25, 0.3) is 0 Å². The van der Waals surface area contributed by atoms with Gasteiger partial charge in [0.05, 0.1) is 13.2 Å². The molecule has 2 rings (SSSR count). The molecule has 0 atom stereocenters. The molecule has 0 bridgehead atoms. The van der Waals surface area contributed by atoms with Crippen LogP contribution < -0.4 is 10.9 Å². The maximum absolute atomic E-state index is 12.4. The fourth-order valence-corrected chi connectivity index (χ4v) is 2.03. The molecule has 8 nitrogen and oxygen atoms in total. The van der Waals surface area contributed by atoms with Crippen molar-refractivity contribution in [2.45, 2.75) is 13.0 Å². The van der Waals surface area contributed by atoms with Crippen LogP contribution in [0.4, 0.5) is 0 Å². The van der Waals surface area contributed by atoms with Gasteiger partial charge in [0.25, 0.3) is 11.5 Å². The van der Waals surface area contributed by atoms with E-state index in [4.69, 9.17) is 4.74 Å². The number of rotatable bonds is 4. The quantitative estimate of drug-likeness (QED) is 0.757. The summed E-state index contributed by atoms with van der Waals surface area (Å²) in [6.45, 7) is 1.84. The second-order valence-corrected chi connectivity index (χ2v) is 4.66. The zero-order valence-electron chi connectivity index (χ0n) is 11.9. The Morgan fingerprint density at radius 3 is 2.95 bits per heavy atom.